The van der Waals surface area contributed by atoms with Crippen LogP contribution in [0.2, 0.25) is 5.02 Å². The predicted octanol–water partition coefficient (Wildman–Crippen LogP) is 1.68. The summed E-state index contributed by atoms with van der Waals surface area (Å²) in [6.07, 6.45) is -0.244. The van der Waals surface area contributed by atoms with E-state index < -0.39 is 34.4 Å². The number of benzene rings is 1. The molecule has 0 radical (unpaired) electrons. The van der Waals surface area contributed by atoms with Crippen molar-refractivity contribution in [3.63, 3.8) is 0 Å². The van der Waals surface area contributed by atoms with Crippen molar-refractivity contribution in [2.45, 2.75) is 17.6 Å². The van der Waals surface area contributed by atoms with Crippen LogP contribution in [-0.4, -0.2) is 45.9 Å². The highest BCUT2D eigenvalue weighted by molar-refractivity contribution is 7.91. The molecule has 3 N–H and O–H groups in total. The van der Waals surface area contributed by atoms with Gasteiger partial charge in [0.25, 0.3) is 5.91 Å². The summed E-state index contributed by atoms with van der Waals surface area (Å²) in [6, 6.07) is 8.09. The Kier molecular flexibility index (Phi) is 8.78. The van der Waals surface area contributed by atoms with Gasteiger partial charge in [0.05, 0.1) is 13.0 Å². The van der Waals surface area contributed by atoms with Crippen LogP contribution >= 0.6 is 22.9 Å². The van der Waals surface area contributed by atoms with E-state index in [-0.39, 0.29) is 23.7 Å². The van der Waals surface area contributed by atoms with Gasteiger partial charge < -0.3 is 15.4 Å². The number of carbonyl (C=O) groups excluding carboxylic acids is 3. The molecule has 1 aromatic carbocycles. The second kappa shape index (κ2) is 11.1. The zero-order valence-corrected chi connectivity index (χ0v) is 18.3. The van der Waals surface area contributed by atoms with E-state index in [9.17, 15) is 22.8 Å². The molecule has 0 aliphatic rings. The van der Waals surface area contributed by atoms with E-state index in [0.29, 0.717) is 16.3 Å². The summed E-state index contributed by atoms with van der Waals surface area (Å²) in [5.74, 6) is -1.89. The Morgan fingerprint density at radius 3 is 2.60 bits per heavy atom. The van der Waals surface area contributed by atoms with E-state index >= 15 is 0 Å². The molecule has 30 heavy (non-hydrogen) atoms. The molecule has 0 fully saturated rings. The first kappa shape index (κ1) is 23.8. The summed E-state index contributed by atoms with van der Waals surface area (Å²) in [7, 11) is -3.66. The monoisotopic (exact) mass is 473 g/mol. The van der Waals surface area contributed by atoms with Gasteiger partial charge >= 0.3 is 5.97 Å². The zero-order chi connectivity index (χ0) is 22.1. The first-order valence-corrected chi connectivity index (χ1v) is 11.4. The van der Waals surface area contributed by atoms with Crippen LogP contribution in [0, 0.1) is 6.92 Å². The first-order chi connectivity index (χ1) is 14.2. The highest BCUT2D eigenvalue weighted by atomic mass is 35.5. The maximum absolute atomic E-state index is 11.9. The lowest BCUT2D eigenvalue weighted by Crippen LogP contribution is -2.36. The van der Waals surface area contributed by atoms with E-state index in [4.69, 9.17) is 16.3 Å². The fraction of sp³-hybridized carbons (Fsp3) is 0.278. The van der Waals surface area contributed by atoms with Crippen LogP contribution in [-0.2, 0) is 29.1 Å². The van der Waals surface area contributed by atoms with Crippen molar-refractivity contribution in [1.29, 1.82) is 0 Å². The second-order valence-electron chi connectivity index (χ2n) is 5.98. The minimum atomic E-state index is -3.66. The third kappa shape index (κ3) is 7.41. The summed E-state index contributed by atoms with van der Waals surface area (Å²) in [4.78, 5) is 35.3. The quantitative estimate of drug-likeness (QED) is 0.450. The zero-order valence-electron chi connectivity index (χ0n) is 15.9. The lowest BCUT2D eigenvalue weighted by molar-refractivity contribution is -0.148. The molecule has 0 bridgehead atoms. The number of hydrogen-bond donors (Lipinski definition) is 3. The smallest absolute Gasteiger partial charge is 0.307 e. The summed E-state index contributed by atoms with van der Waals surface area (Å²) in [5, 5.41) is 7.06. The Morgan fingerprint density at radius 1 is 1.13 bits per heavy atom. The van der Waals surface area contributed by atoms with Gasteiger partial charge in [0.1, 0.15) is 4.21 Å². The maximum Gasteiger partial charge on any atom is 0.307 e. The molecule has 0 spiro atoms. The fourth-order valence-electron chi connectivity index (χ4n) is 2.16. The van der Waals surface area contributed by atoms with Crippen molar-refractivity contribution >= 4 is 56.4 Å². The Labute approximate surface area is 182 Å². The van der Waals surface area contributed by atoms with Crippen molar-refractivity contribution in [2.75, 3.05) is 25.0 Å². The van der Waals surface area contributed by atoms with E-state index in [0.717, 1.165) is 11.3 Å². The number of sulfonamides is 1. The Bertz CT molecular complexity index is 1010. The van der Waals surface area contributed by atoms with E-state index in [2.05, 4.69) is 15.4 Å². The molecule has 0 atom stereocenters. The average Bonchev–Trinajstić information content (AvgIpc) is 3.24. The topological polar surface area (TPSA) is 131 Å². The van der Waals surface area contributed by atoms with Crippen molar-refractivity contribution in [2.24, 2.45) is 0 Å². The third-order valence-corrected chi connectivity index (χ3v) is 7.00. The van der Waals surface area contributed by atoms with Crippen molar-refractivity contribution in [3.05, 3.63) is 46.3 Å². The molecule has 2 amide bonds. The molecule has 2 rings (SSSR count). The lowest BCUT2D eigenvalue weighted by atomic mass is 10.2. The Hall–Kier alpha value is -2.47. The number of nitrogens with one attached hydrogen (secondary N) is 3. The van der Waals surface area contributed by atoms with Gasteiger partial charge in [0, 0.05) is 17.3 Å². The minimum absolute atomic E-state index is 0.140. The number of thiophene rings is 1. The lowest BCUT2D eigenvalue weighted by Gasteiger charge is -2.10. The van der Waals surface area contributed by atoms with Crippen LogP contribution in [0.4, 0.5) is 5.69 Å². The average molecular weight is 474 g/mol. The van der Waals surface area contributed by atoms with Crippen LogP contribution in [0.25, 0.3) is 0 Å². The van der Waals surface area contributed by atoms with Gasteiger partial charge in [-0.1, -0.05) is 23.7 Å². The normalized spacial score (nSPS) is 11.0. The fourth-order valence-corrected chi connectivity index (χ4v) is 4.40. The molecular weight excluding hydrogens is 454 g/mol. The number of rotatable bonds is 10. The van der Waals surface area contributed by atoms with Crippen LogP contribution < -0.4 is 15.4 Å². The van der Waals surface area contributed by atoms with Gasteiger partial charge in [-0.25, -0.2) is 13.1 Å². The molecule has 2 aromatic rings. The number of hydrogen-bond acceptors (Lipinski definition) is 7. The van der Waals surface area contributed by atoms with Gasteiger partial charge in [-0.15, -0.1) is 11.3 Å². The van der Waals surface area contributed by atoms with Crippen LogP contribution in [0.3, 0.4) is 0 Å². The molecule has 162 valence electrons. The van der Waals surface area contributed by atoms with Crippen LogP contribution in [0.5, 0.6) is 0 Å². The molecule has 9 nitrogen and oxygen atoms in total. The van der Waals surface area contributed by atoms with Gasteiger partial charge in [-0.2, -0.15) is 0 Å². The Morgan fingerprint density at radius 2 is 1.90 bits per heavy atom. The molecule has 0 saturated heterocycles. The van der Waals surface area contributed by atoms with E-state index in [1.165, 1.54) is 6.07 Å². The van der Waals surface area contributed by atoms with Crippen molar-refractivity contribution in [1.82, 2.24) is 10.0 Å². The Balaban J connectivity index is 1.64. The van der Waals surface area contributed by atoms with Crippen molar-refractivity contribution in [3.8, 4) is 0 Å². The first-order valence-electron chi connectivity index (χ1n) is 8.69. The molecule has 0 aliphatic carbocycles. The highest BCUT2D eigenvalue weighted by Crippen LogP contribution is 2.22. The number of anilines is 1. The standard InChI is InChI=1S/C18H20ClN3O6S2/c1-12-13(19)4-2-5-14(12)22-15(23)10-20-16(24)11-28-17(25)7-8-21-30(26,27)18-6-3-9-29-18/h2-6,9,21H,7-8,10-11H2,1H3,(H,20,24)(H,22,23). The van der Waals surface area contributed by atoms with E-state index in [1.807, 2.05) is 0 Å². The molecule has 0 aliphatic heterocycles. The van der Waals surface area contributed by atoms with Gasteiger partial charge in [-0.05, 0) is 36.1 Å². The van der Waals surface area contributed by atoms with Gasteiger partial charge in [0.15, 0.2) is 6.61 Å². The highest BCUT2D eigenvalue weighted by Gasteiger charge is 2.16. The number of amides is 2. The molecule has 1 aromatic heterocycles. The summed E-state index contributed by atoms with van der Waals surface area (Å²) in [6.45, 7) is 0.682. The maximum atomic E-state index is 11.9. The number of carbonyl (C=O) groups is 3. The molecule has 1 heterocycles. The summed E-state index contributed by atoms with van der Waals surface area (Å²) >= 11 is 7.03. The van der Waals surface area contributed by atoms with Crippen LogP contribution in [0.15, 0.2) is 39.9 Å². The molecule has 12 heteroatoms. The minimum Gasteiger partial charge on any atom is -0.456 e. The van der Waals surface area contributed by atoms with Gasteiger partial charge in [0.2, 0.25) is 15.9 Å². The van der Waals surface area contributed by atoms with Gasteiger partial charge in [-0.3, -0.25) is 14.4 Å². The molecule has 0 saturated carbocycles. The number of esters is 1. The largest absolute Gasteiger partial charge is 0.456 e. The van der Waals surface area contributed by atoms with E-state index in [1.54, 1.807) is 36.6 Å². The predicted molar refractivity (Wildman–Crippen MR) is 113 cm³/mol. The molecular formula is C18H20ClN3O6S2. The second-order valence-corrected chi connectivity index (χ2v) is 9.33. The summed E-state index contributed by atoms with van der Waals surface area (Å²) in [5.41, 5.74) is 1.22. The SMILES string of the molecule is Cc1c(Cl)cccc1NC(=O)CNC(=O)COC(=O)CCNS(=O)(=O)c1cccs1. The molecule has 0 unspecified atom stereocenters. The van der Waals surface area contributed by atoms with Crippen molar-refractivity contribution < 1.29 is 27.5 Å². The number of ether oxygens (including phenoxy) is 1. The number of halogens is 1. The third-order valence-electron chi connectivity index (χ3n) is 3.73. The van der Waals surface area contributed by atoms with Crippen LogP contribution in [0.1, 0.15) is 12.0 Å². The summed E-state index contributed by atoms with van der Waals surface area (Å²) < 4.78 is 31.0.